The molecule has 0 aliphatic carbocycles. The number of primary amides is 1. The van der Waals surface area contributed by atoms with Crippen molar-refractivity contribution in [2.75, 3.05) is 0 Å². The van der Waals surface area contributed by atoms with Crippen LogP contribution in [0.5, 0.6) is 0 Å². The fourth-order valence-electron chi connectivity index (χ4n) is 1.45. The van der Waals surface area contributed by atoms with Crippen molar-refractivity contribution in [2.24, 2.45) is 11.7 Å². The number of aliphatic carboxylic acids is 1. The van der Waals surface area contributed by atoms with Gasteiger partial charge in [0.25, 0.3) is 0 Å². The number of carboxylic acids is 1. The highest BCUT2D eigenvalue weighted by Crippen LogP contribution is 2.06. The highest BCUT2D eigenvalue weighted by atomic mass is 16.4. The van der Waals surface area contributed by atoms with E-state index in [-0.39, 0.29) is 18.9 Å². The summed E-state index contributed by atoms with van der Waals surface area (Å²) in [5, 5.41) is 13.9. The molecule has 7 nitrogen and oxygen atoms in total. The number of hydrogen-bond acceptors (Lipinski definition) is 3. The van der Waals surface area contributed by atoms with E-state index in [0.29, 0.717) is 5.92 Å². The van der Waals surface area contributed by atoms with Gasteiger partial charge in [-0.3, -0.25) is 4.79 Å². The molecule has 2 unspecified atom stereocenters. The van der Waals surface area contributed by atoms with Gasteiger partial charge in [0.05, 0.1) is 0 Å². The van der Waals surface area contributed by atoms with Crippen molar-refractivity contribution in [1.82, 2.24) is 10.6 Å². The van der Waals surface area contributed by atoms with Gasteiger partial charge in [-0.2, -0.15) is 0 Å². The first kappa shape index (κ1) is 17.2. The van der Waals surface area contributed by atoms with Crippen LogP contribution in [0.2, 0.25) is 0 Å². The number of amides is 3. The Morgan fingerprint density at radius 2 is 1.79 bits per heavy atom. The van der Waals surface area contributed by atoms with E-state index in [4.69, 9.17) is 10.8 Å². The quantitative estimate of drug-likeness (QED) is 0.512. The number of carboxylic acid groups (broad SMARTS) is 1. The molecule has 7 heteroatoms. The molecule has 0 spiro atoms. The van der Waals surface area contributed by atoms with E-state index in [0.717, 1.165) is 6.42 Å². The molecular weight excluding hydrogens is 250 g/mol. The molecule has 5 N–H and O–H groups in total. The maximum atomic E-state index is 11.6. The third-order valence-electron chi connectivity index (χ3n) is 3.14. The standard InChI is InChI=1S/C12H23N3O4/c1-4-7(2)8(3)14-12(19)15-9(11(17)18)5-6-10(13)16/h7-9H,4-6H2,1-3H3,(H2,13,16)(H,17,18)(H2,14,15,19)/t7?,8?,9-/m0/s1. The molecule has 0 fully saturated rings. The van der Waals surface area contributed by atoms with E-state index in [2.05, 4.69) is 10.6 Å². The summed E-state index contributed by atoms with van der Waals surface area (Å²) in [7, 11) is 0. The number of nitrogens with one attached hydrogen (secondary N) is 2. The van der Waals surface area contributed by atoms with E-state index in [1.165, 1.54) is 0 Å². The van der Waals surface area contributed by atoms with Crippen LogP contribution in [0.1, 0.15) is 40.0 Å². The summed E-state index contributed by atoms with van der Waals surface area (Å²) in [6, 6.07) is -1.73. The Morgan fingerprint density at radius 1 is 1.21 bits per heavy atom. The molecule has 0 aromatic rings. The summed E-state index contributed by atoms with van der Waals surface area (Å²) >= 11 is 0. The number of carbonyl (C=O) groups excluding carboxylic acids is 2. The average molecular weight is 273 g/mol. The zero-order valence-corrected chi connectivity index (χ0v) is 11.6. The number of nitrogens with two attached hydrogens (primary N) is 1. The van der Waals surface area contributed by atoms with Gasteiger partial charge in [-0.15, -0.1) is 0 Å². The van der Waals surface area contributed by atoms with E-state index < -0.39 is 23.9 Å². The van der Waals surface area contributed by atoms with Crippen LogP contribution in [-0.4, -0.2) is 35.1 Å². The van der Waals surface area contributed by atoms with E-state index in [9.17, 15) is 14.4 Å². The van der Waals surface area contributed by atoms with Crippen molar-refractivity contribution in [3.8, 4) is 0 Å². The molecule has 0 aromatic heterocycles. The van der Waals surface area contributed by atoms with Crippen molar-refractivity contribution in [2.45, 2.75) is 52.1 Å². The lowest BCUT2D eigenvalue weighted by atomic mass is 10.0. The van der Waals surface area contributed by atoms with Crippen molar-refractivity contribution < 1.29 is 19.5 Å². The average Bonchev–Trinajstić information content (AvgIpc) is 2.32. The number of urea groups is 1. The number of carbonyl (C=O) groups is 3. The highest BCUT2D eigenvalue weighted by Gasteiger charge is 2.21. The van der Waals surface area contributed by atoms with Crippen molar-refractivity contribution >= 4 is 17.9 Å². The van der Waals surface area contributed by atoms with Gasteiger partial charge >= 0.3 is 12.0 Å². The summed E-state index contributed by atoms with van der Waals surface area (Å²) < 4.78 is 0. The first-order valence-corrected chi connectivity index (χ1v) is 6.36. The normalized spacial score (nSPS) is 15.1. The summed E-state index contributed by atoms with van der Waals surface area (Å²) in [5.74, 6) is -1.49. The largest absolute Gasteiger partial charge is 0.480 e. The van der Waals surface area contributed by atoms with Gasteiger partial charge in [0.2, 0.25) is 5.91 Å². The molecule has 3 amide bonds. The van der Waals surface area contributed by atoms with Crippen molar-refractivity contribution in [3.63, 3.8) is 0 Å². The first-order chi connectivity index (χ1) is 8.77. The maximum Gasteiger partial charge on any atom is 0.326 e. The van der Waals surface area contributed by atoms with Crippen LogP contribution >= 0.6 is 0 Å². The molecule has 0 bridgehead atoms. The van der Waals surface area contributed by atoms with Gasteiger partial charge in [-0.25, -0.2) is 9.59 Å². The Bertz CT molecular complexity index is 333. The SMILES string of the molecule is CCC(C)C(C)NC(=O)N[C@@H](CCC(N)=O)C(=O)O. The van der Waals surface area contributed by atoms with Crippen LogP contribution in [0.15, 0.2) is 0 Å². The fraction of sp³-hybridized carbons (Fsp3) is 0.750. The Kier molecular flexibility index (Phi) is 7.55. The van der Waals surface area contributed by atoms with E-state index >= 15 is 0 Å². The summed E-state index contributed by atoms with van der Waals surface area (Å²) in [5.41, 5.74) is 4.95. The molecule has 0 aromatic carbocycles. The lowest BCUT2D eigenvalue weighted by Crippen LogP contribution is -2.49. The third-order valence-corrected chi connectivity index (χ3v) is 3.14. The first-order valence-electron chi connectivity index (χ1n) is 6.36. The molecule has 110 valence electrons. The smallest absolute Gasteiger partial charge is 0.326 e. The van der Waals surface area contributed by atoms with E-state index in [1.54, 1.807) is 0 Å². The predicted molar refractivity (Wildman–Crippen MR) is 70.4 cm³/mol. The molecule has 3 atom stereocenters. The zero-order chi connectivity index (χ0) is 15.0. The topological polar surface area (TPSA) is 122 Å². The second-order valence-corrected chi connectivity index (χ2v) is 4.69. The van der Waals surface area contributed by atoms with Crippen LogP contribution in [0, 0.1) is 5.92 Å². The fourth-order valence-corrected chi connectivity index (χ4v) is 1.45. The monoisotopic (exact) mass is 273 g/mol. The summed E-state index contributed by atoms with van der Waals surface area (Å²) in [6.07, 6.45) is 0.805. The Labute approximate surface area is 112 Å². The van der Waals surface area contributed by atoms with Gasteiger partial charge in [0, 0.05) is 12.5 Å². The highest BCUT2D eigenvalue weighted by molar-refractivity contribution is 5.83. The van der Waals surface area contributed by atoms with Crippen molar-refractivity contribution in [3.05, 3.63) is 0 Å². The molecule has 0 rings (SSSR count). The predicted octanol–water partition coefficient (Wildman–Crippen LogP) is 0.439. The third kappa shape index (κ3) is 7.28. The minimum atomic E-state index is -1.19. The molecule has 19 heavy (non-hydrogen) atoms. The lowest BCUT2D eigenvalue weighted by Gasteiger charge is -2.21. The Morgan fingerprint density at radius 3 is 2.21 bits per heavy atom. The van der Waals surface area contributed by atoms with Gasteiger partial charge < -0.3 is 21.5 Å². The summed E-state index contributed by atoms with van der Waals surface area (Å²) in [4.78, 5) is 33.2. The van der Waals surface area contributed by atoms with Gasteiger partial charge in [0.15, 0.2) is 0 Å². The van der Waals surface area contributed by atoms with Crippen LogP contribution in [0.3, 0.4) is 0 Å². The molecule has 0 heterocycles. The van der Waals surface area contributed by atoms with Gasteiger partial charge in [0.1, 0.15) is 6.04 Å². The lowest BCUT2D eigenvalue weighted by molar-refractivity contribution is -0.139. The second kappa shape index (κ2) is 8.34. The molecule has 0 radical (unpaired) electrons. The second-order valence-electron chi connectivity index (χ2n) is 4.69. The zero-order valence-electron chi connectivity index (χ0n) is 11.6. The van der Waals surface area contributed by atoms with E-state index in [1.807, 2.05) is 20.8 Å². The maximum absolute atomic E-state index is 11.6. The Hall–Kier alpha value is -1.79. The number of rotatable bonds is 8. The summed E-state index contributed by atoms with van der Waals surface area (Å²) in [6.45, 7) is 5.85. The molecule has 0 saturated carbocycles. The number of hydrogen-bond donors (Lipinski definition) is 4. The van der Waals surface area contributed by atoms with Crippen molar-refractivity contribution in [1.29, 1.82) is 0 Å². The molecular formula is C12H23N3O4. The van der Waals surface area contributed by atoms with Crippen LogP contribution in [-0.2, 0) is 9.59 Å². The molecule has 0 aliphatic rings. The van der Waals surface area contributed by atoms with Crippen LogP contribution in [0.25, 0.3) is 0 Å². The van der Waals surface area contributed by atoms with Gasteiger partial charge in [-0.1, -0.05) is 20.3 Å². The minimum absolute atomic E-state index is 0.0181. The molecule has 0 aliphatic heterocycles. The van der Waals surface area contributed by atoms with Crippen LogP contribution < -0.4 is 16.4 Å². The molecule has 0 saturated heterocycles. The Balaban J connectivity index is 4.31. The van der Waals surface area contributed by atoms with Crippen LogP contribution in [0.4, 0.5) is 4.79 Å². The van der Waals surface area contributed by atoms with Gasteiger partial charge in [-0.05, 0) is 19.3 Å². The minimum Gasteiger partial charge on any atom is -0.480 e.